The molecule has 3 unspecified atom stereocenters. The van der Waals surface area contributed by atoms with Crippen LogP contribution in [0.5, 0.6) is 0 Å². The second-order valence-electron chi connectivity index (χ2n) is 4.92. The molecule has 112 valence electrons. The molecule has 1 saturated heterocycles. The lowest BCUT2D eigenvalue weighted by molar-refractivity contribution is -0.153. The van der Waals surface area contributed by atoms with E-state index >= 15 is 0 Å². The zero-order chi connectivity index (χ0) is 15.1. The van der Waals surface area contributed by atoms with Crippen LogP contribution in [0.1, 0.15) is 32.6 Å². The molecule has 1 aliphatic heterocycles. The quantitative estimate of drug-likeness (QED) is 0.472. The average Bonchev–Trinajstić information content (AvgIpc) is 2.73. The van der Waals surface area contributed by atoms with Gasteiger partial charge in [-0.3, -0.25) is 9.59 Å². The summed E-state index contributed by atoms with van der Waals surface area (Å²) in [6.45, 7) is 4.75. The van der Waals surface area contributed by atoms with Crippen LogP contribution in [0, 0.1) is 11.8 Å². The van der Waals surface area contributed by atoms with Crippen molar-refractivity contribution in [3.05, 3.63) is 12.7 Å². The number of hydrogen-bond acceptors (Lipinski definition) is 6. The summed E-state index contributed by atoms with van der Waals surface area (Å²) in [6.07, 6.45) is 4.26. The van der Waals surface area contributed by atoms with Crippen LogP contribution in [0.3, 0.4) is 0 Å². The molecule has 0 radical (unpaired) electrons. The maximum absolute atomic E-state index is 11.0. The molecule has 2 rings (SSSR count). The van der Waals surface area contributed by atoms with E-state index in [1.807, 2.05) is 0 Å². The third-order valence-electron chi connectivity index (χ3n) is 3.21. The molecule has 2 fully saturated rings. The number of hydrogen-bond donors (Lipinski definition) is 1. The molecule has 1 saturated carbocycles. The predicted molar refractivity (Wildman–Crippen MR) is 69.4 cm³/mol. The van der Waals surface area contributed by atoms with Gasteiger partial charge in [-0.1, -0.05) is 19.4 Å². The van der Waals surface area contributed by atoms with E-state index in [2.05, 4.69) is 16.1 Å². The predicted octanol–water partition coefficient (Wildman–Crippen LogP) is 0.973. The van der Waals surface area contributed by atoms with Gasteiger partial charge in [0.05, 0.1) is 17.9 Å². The standard InChI is InChI=1S/C8H10O3.C6H10O3/c9-7-5-3-1-2-4-6(5)8(10)11-7;1-3-6(8)9-4-5(2)7/h5-6H,1-4H2;3,5,7H,1,4H2,2H3. The van der Waals surface area contributed by atoms with Crippen molar-refractivity contribution in [2.45, 2.75) is 38.7 Å². The van der Waals surface area contributed by atoms with Crippen LogP contribution in [0.4, 0.5) is 0 Å². The maximum atomic E-state index is 11.0. The summed E-state index contributed by atoms with van der Waals surface area (Å²) in [7, 11) is 0. The summed E-state index contributed by atoms with van der Waals surface area (Å²) >= 11 is 0. The summed E-state index contributed by atoms with van der Waals surface area (Å²) in [5, 5.41) is 8.59. The number of aliphatic hydroxyl groups excluding tert-OH is 1. The molecule has 0 bridgehead atoms. The minimum absolute atomic E-state index is 0.0326. The van der Waals surface area contributed by atoms with Crippen molar-refractivity contribution in [2.24, 2.45) is 11.8 Å². The van der Waals surface area contributed by atoms with E-state index in [4.69, 9.17) is 5.11 Å². The number of esters is 3. The molecule has 1 heterocycles. The van der Waals surface area contributed by atoms with Gasteiger partial charge in [0.25, 0.3) is 0 Å². The lowest BCUT2D eigenvalue weighted by Gasteiger charge is -2.18. The Balaban J connectivity index is 0.000000206. The van der Waals surface area contributed by atoms with Gasteiger partial charge in [-0.25, -0.2) is 4.79 Å². The molecule has 0 amide bonds. The van der Waals surface area contributed by atoms with Crippen molar-refractivity contribution in [3.8, 4) is 0 Å². The third-order valence-corrected chi connectivity index (χ3v) is 3.21. The molecule has 20 heavy (non-hydrogen) atoms. The smallest absolute Gasteiger partial charge is 0.330 e. The molecule has 3 atom stereocenters. The van der Waals surface area contributed by atoms with Gasteiger partial charge in [-0.2, -0.15) is 0 Å². The van der Waals surface area contributed by atoms with E-state index in [1.165, 1.54) is 6.92 Å². The van der Waals surface area contributed by atoms with Crippen LogP contribution < -0.4 is 0 Å². The number of carbonyl (C=O) groups is 3. The first-order chi connectivity index (χ1) is 9.45. The fourth-order valence-electron chi connectivity index (χ4n) is 2.21. The van der Waals surface area contributed by atoms with E-state index in [0.29, 0.717) is 0 Å². The summed E-state index contributed by atoms with van der Waals surface area (Å²) in [6, 6.07) is 0. The Bertz CT molecular complexity index is 365. The molecule has 0 spiro atoms. The van der Waals surface area contributed by atoms with Crippen molar-refractivity contribution in [2.75, 3.05) is 6.61 Å². The Hall–Kier alpha value is -1.69. The Morgan fingerprint density at radius 2 is 1.90 bits per heavy atom. The number of ether oxygens (including phenoxy) is 2. The topological polar surface area (TPSA) is 89.9 Å². The Labute approximate surface area is 117 Å². The van der Waals surface area contributed by atoms with Gasteiger partial charge in [0.15, 0.2) is 0 Å². The lowest BCUT2D eigenvalue weighted by atomic mass is 9.81. The molecule has 6 nitrogen and oxygen atoms in total. The van der Waals surface area contributed by atoms with Gasteiger partial charge in [0.2, 0.25) is 0 Å². The van der Waals surface area contributed by atoms with Gasteiger partial charge >= 0.3 is 17.9 Å². The van der Waals surface area contributed by atoms with Crippen LogP contribution in [-0.2, 0) is 23.9 Å². The first kappa shape index (κ1) is 16.4. The van der Waals surface area contributed by atoms with Gasteiger partial charge in [0.1, 0.15) is 6.61 Å². The lowest BCUT2D eigenvalue weighted by Crippen LogP contribution is -2.21. The maximum Gasteiger partial charge on any atom is 0.330 e. The van der Waals surface area contributed by atoms with Gasteiger partial charge < -0.3 is 14.6 Å². The number of rotatable bonds is 3. The minimum atomic E-state index is -0.603. The normalized spacial score (nSPS) is 25.7. The highest BCUT2D eigenvalue weighted by molar-refractivity contribution is 5.96. The first-order valence-electron chi connectivity index (χ1n) is 6.68. The minimum Gasteiger partial charge on any atom is -0.460 e. The van der Waals surface area contributed by atoms with Crippen LogP contribution in [-0.4, -0.2) is 35.7 Å². The van der Waals surface area contributed by atoms with E-state index in [-0.39, 0.29) is 30.4 Å². The molecule has 2 aliphatic rings. The molecular weight excluding hydrogens is 264 g/mol. The molecular formula is C14H20O6. The molecule has 6 heteroatoms. The van der Waals surface area contributed by atoms with Crippen molar-refractivity contribution in [1.82, 2.24) is 0 Å². The molecule has 0 aromatic heterocycles. The number of carbonyl (C=O) groups excluding carboxylic acids is 3. The van der Waals surface area contributed by atoms with E-state index in [1.54, 1.807) is 0 Å². The van der Waals surface area contributed by atoms with Crippen LogP contribution >= 0.6 is 0 Å². The molecule has 0 aromatic rings. The Morgan fingerprint density at radius 3 is 2.30 bits per heavy atom. The monoisotopic (exact) mass is 284 g/mol. The molecule has 1 aliphatic carbocycles. The van der Waals surface area contributed by atoms with Crippen LogP contribution in [0.15, 0.2) is 12.7 Å². The van der Waals surface area contributed by atoms with Crippen molar-refractivity contribution >= 4 is 17.9 Å². The number of cyclic esters (lactones) is 2. The summed E-state index contributed by atoms with van der Waals surface area (Å²) in [4.78, 5) is 32.2. The second kappa shape index (κ2) is 7.79. The number of aliphatic hydroxyl groups is 1. The zero-order valence-electron chi connectivity index (χ0n) is 11.5. The zero-order valence-corrected chi connectivity index (χ0v) is 11.5. The van der Waals surface area contributed by atoms with E-state index in [0.717, 1.165) is 31.8 Å². The fourth-order valence-corrected chi connectivity index (χ4v) is 2.21. The third kappa shape index (κ3) is 4.77. The summed E-state index contributed by atoms with van der Waals surface area (Å²) in [5.41, 5.74) is 0. The number of fused-ring (bicyclic) bond motifs is 1. The first-order valence-corrected chi connectivity index (χ1v) is 6.68. The van der Waals surface area contributed by atoms with Crippen LogP contribution in [0.25, 0.3) is 0 Å². The molecule has 0 aromatic carbocycles. The van der Waals surface area contributed by atoms with Crippen molar-refractivity contribution < 1.29 is 29.0 Å². The second-order valence-corrected chi connectivity index (χ2v) is 4.92. The van der Waals surface area contributed by atoms with Gasteiger partial charge in [-0.05, 0) is 19.8 Å². The van der Waals surface area contributed by atoms with Gasteiger partial charge in [0, 0.05) is 6.08 Å². The largest absolute Gasteiger partial charge is 0.460 e. The van der Waals surface area contributed by atoms with Gasteiger partial charge in [-0.15, -0.1) is 0 Å². The Morgan fingerprint density at radius 1 is 1.40 bits per heavy atom. The average molecular weight is 284 g/mol. The highest BCUT2D eigenvalue weighted by Crippen LogP contribution is 2.36. The summed E-state index contributed by atoms with van der Waals surface area (Å²) < 4.78 is 8.98. The highest BCUT2D eigenvalue weighted by Gasteiger charge is 2.44. The molecule has 1 N–H and O–H groups in total. The Kier molecular flexibility index (Phi) is 6.38. The summed E-state index contributed by atoms with van der Waals surface area (Å²) in [5.74, 6) is -1.29. The van der Waals surface area contributed by atoms with Crippen LogP contribution in [0.2, 0.25) is 0 Å². The van der Waals surface area contributed by atoms with E-state index < -0.39 is 12.1 Å². The van der Waals surface area contributed by atoms with Crippen molar-refractivity contribution in [3.63, 3.8) is 0 Å². The SMILES string of the molecule is C=CC(=O)OCC(C)O.O=C1OC(=O)C2CCCCC12. The highest BCUT2D eigenvalue weighted by atomic mass is 16.6. The van der Waals surface area contributed by atoms with E-state index in [9.17, 15) is 14.4 Å². The fraction of sp³-hybridized carbons (Fsp3) is 0.643. The van der Waals surface area contributed by atoms with Crippen molar-refractivity contribution in [1.29, 1.82) is 0 Å².